The molecule has 5 nitrogen and oxygen atoms in total. The molecule has 0 bridgehead atoms. The van der Waals surface area contributed by atoms with E-state index in [0.29, 0.717) is 36.5 Å². The lowest BCUT2D eigenvalue weighted by atomic mass is 10.0. The molecule has 0 aliphatic carbocycles. The van der Waals surface area contributed by atoms with Crippen LogP contribution in [0.1, 0.15) is 60.6 Å². The van der Waals surface area contributed by atoms with Crippen LogP contribution in [0.15, 0.2) is 35.1 Å². The first-order chi connectivity index (χ1) is 13.8. The maximum absolute atomic E-state index is 12.6. The average Bonchev–Trinajstić information content (AvgIpc) is 2.69. The van der Waals surface area contributed by atoms with E-state index in [0.717, 1.165) is 31.2 Å². The minimum absolute atomic E-state index is 0.0588. The van der Waals surface area contributed by atoms with Crippen LogP contribution in [0.25, 0.3) is 0 Å². The second-order valence-corrected chi connectivity index (χ2v) is 8.00. The number of aromatic carboxylic acids is 1. The van der Waals surface area contributed by atoms with Gasteiger partial charge in [0.2, 0.25) is 0 Å². The van der Waals surface area contributed by atoms with Gasteiger partial charge in [-0.05, 0) is 49.4 Å². The van der Waals surface area contributed by atoms with Crippen molar-refractivity contribution in [3.63, 3.8) is 0 Å². The van der Waals surface area contributed by atoms with Gasteiger partial charge in [-0.15, -0.1) is 0 Å². The number of halogens is 2. The lowest BCUT2D eigenvalue weighted by molar-refractivity contribution is 0.0697. The predicted molar refractivity (Wildman–Crippen MR) is 116 cm³/mol. The molecule has 1 aromatic carbocycles. The first-order valence-electron chi connectivity index (χ1n) is 9.91. The van der Waals surface area contributed by atoms with Gasteiger partial charge < -0.3 is 14.8 Å². The molecule has 0 radical (unpaired) electrons. The van der Waals surface area contributed by atoms with Crippen molar-refractivity contribution in [1.29, 1.82) is 0 Å². The Morgan fingerprint density at radius 1 is 1.07 bits per heavy atom. The van der Waals surface area contributed by atoms with Crippen molar-refractivity contribution in [1.82, 2.24) is 4.57 Å². The Balaban J connectivity index is 2.13. The summed E-state index contributed by atoms with van der Waals surface area (Å²) < 4.78 is 1.56. The second-order valence-electron chi connectivity index (χ2n) is 7.18. The molecule has 0 aliphatic rings. The summed E-state index contributed by atoms with van der Waals surface area (Å²) in [6.45, 7) is 2.49. The molecule has 1 unspecified atom stereocenters. The van der Waals surface area contributed by atoms with Crippen LogP contribution in [-0.2, 0) is 19.4 Å². The van der Waals surface area contributed by atoms with Crippen LogP contribution in [0.3, 0.4) is 0 Å². The zero-order valence-electron chi connectivity index (χ0n) is 16.5. The molecule has 0 fully saturated rings. The van der Waals surface area contributed by atoms with Crippen molar-refractivity contribution >= 4 is 29.2 Å². The highest BCUT2D eigenvalue weighted by molar-refractivity contribution is 6.34. The van der Waals surface area contributed by atoms with Crippen molar-refractivity contribution in [2.45, 2.75) is 64.5 Å². The number of aryl methyl sites for hydroxylation is 1. The Labute approximate surface area is 180 Å². The van der Waals surface area contributed by atoms with E-state index in [1.807, 2.05) is 0 Å². The third-order valence-corrected chi connectivity index (χ3v) is 5.58. The van der Waals surface area contributed by atoms with Crippen LogP contribution >= 0.6 is 23.2 Å². The summed E-state index contributed by atoms with van der Waals surface area (Å²) in [4.78, 5) is 23.6. The monoisotopic (exact) mass is 439 g/mol. The van der Waals surface area contributed by atoms with Crippen LogP contribution in [0.5, 0.6) is 0 Å². The van der Waals surface area contributed by atoms with Gasteiger partial charge >= 0.3 is 5.97 Å². The smallest absolute Gasteiger partial charge is 0.335 e. The lowest BCUT2D eigenvalue weighted by Crippen LogP contribution is -2.26. The van der Waals surface area contributed by atoms with Gasteiger partial charge in [-0.3, -0.25) is 4.79 Å². The van der Waals surface area contributed by atoms with Crippen molar-refractivity contribution in [2.24, 2.45) is 0 Å². The number of aliphatic hydroxyl groups excluding tert-OH is 1. The van der Waals surface area contributed by atoms with Gasteiger partial charge in [0.1, 0.15) is 5.02 Å². The van der Waals surface area contributed by atoms with Crippen LogP contribution < -0.4 is 5.56 Å². The first-order valence-corrected chi connectivity index (χ1v) is 10.7. The van der Waals surface area contributed by atoms with Gasteiger partial charge in [0, 0.05) is 12.2 Å². The largest absolute Gasteiger partial charge is 0.478 e. The molecule has 0 saturated carbocycles. The number of carboxylic acids is 1. The van der Waals surface area contributed by atoms with Gasteiger partial charge in [0.25, 0.3) is 5.56 Å². The van der Waals surface area contributed by atoms with E-state index < -0.39 is 12.1 Å². The third kappa shape index (κ3) is 6.88. The van der Waals surface area contributed by atoms with E-state index in [4.69, 9.17) is 28.3 Å². The summed E-state index contributed by atoms with van der Waals surface area (Å²) in [5, 5.41) is 19.7. The Bertz CT molecular complexity index is 878. The zero-order chi connectivity index (χ0) is 21.4. The van der Waals surface area contributed by atoms with Crippen LogP contribution in [0.4, 0.5) is 0 Å². The second kappa shape index (κ2) is 11.4. The topological polar surface area (TPSA) is 79.5 Å². The van der Waals surface area contributed by atoms with Gasteiger partial charge in [-0.25, -0.2) is 4.79 Å². The summed E-state index contributed by atoms with van der Waals surface area (Å²) in [6.07, 6.45) is 5.01. The van der Waals surface area contributed by atoms with E-state index in [1.165, 1.54) is 6.07 Å². The molecule has 7 heteroatoms. The molecule has 0 saturated heterocycles. The molecule has 2 N–H and O–H groups in total. The van der Waals surface area contributed by atoms with Crippen LogP contribution in [-0.4, -0.2) is 26.9 Å². The summed E-state index contributed by atoms with van der Waals surface area (Å²) in [5.74, 6) is -0.978. The standard InChI is InChI=1S/C22H27Cl2NO4/c1-2-3-4-5-17(26)10-11-20-18(23)14-19(24)21(27)25(20)13-12-15-6-8-16(9-7-15)22(28)29/h6-9,14,17,26H,2-5,10-13H2,1H3,(H,28,29). The molecule has 0 aliphatic heterocycles. The molecule has 29 heavy (non-hydrogen) atoms. The molecular weight excluding hydrogens is 413 g/mol. The summed E-state index contributed by atoms with van der Waals surface area (Å²) in [7, 11) is 0. The van der Waals surface area contributed by atoms with E-state index in [1.54, 1.807) is 28.8 Å². The van der Waals surface area contributed by atoms with E-state index in [2.05, 4.69) is 6.92 Å². The number of rotatable bonds is 11. The van der Waals surface area contributed by atoms with Gasteiger partial charge in [0.05, 0.1) is 16.7 Å². The molecule has 0 amide bonds. The minimum atomic E-state index is -0.978. The molecule has 0 spiro atoms. The minimum Gasteiger partial charge on any atom is -0.478 e. The van der Waals surface area contributed by atoms with E-state index >= 15 is 0 Å². The number of unbranched alkanes of at least 4 members (excludes halogenated alkanes) is 2. The maximum atomic E-state index is 12.6. The molecule has 1 aromatic heterocycles. The number of benzene rings is 1. The number of carbonyl (C=O) groups is 1. The fraction of sp³-hybridized carbons (Fsp3) is 0.455. The van der Waals surface area contributed by atoms with Gasteiger partial charge in [0.15, 0.2) is 0 Å². The summed E-state index contributed by atoms with van der Waals surface area (Å²) in [5.41, 5.74) is 1.48. The lowest BCUT2D eigenvalue weighted by Gasteiger charge is -2.17. The van der Waals surface area contributed by atoms with E-state index in [-0.39, 0.29) is 16.1 Å². The number of pyridine rings is 1. The van der Waals surface area contributed by atoms with Crippen molar-refractivity contribution < 1.29 is 15.0 Å². The Morgan fingerprint density at radius 2 is 1.76 bits per heavy atom. The quantitative estimate of drug-likeness (QED) is 0.484. The zero-order valence-corrected chi connectivity index (χ0v) is 18.0. The van der Waals surface area contributed by atoms with Crippen LogP contribution in [0.2, 0.25) is 10.0 Å². The Morgan fingerprint density at radius 3 is 2.38 bits per heavy atom. The van der Waals surface area contributed by atoms with Crippen LogP contribution in [0, 0.1) is 0 Å². The predicted octanol–water partition coefficient (Wildman–Crippen LogP) is 4.97. The number of aliphatic hydroxyl groups is 1. The fourth-order valence-corrected chi connectivity index (χ4v) is 3.83. The van der Waals surface area contributed by atoms with E-state index in [9.17, 15) is 14.7 Å². The Kier molecular flexibility index (Phi) is 9.21. The summed E-state index contributed by atoms with van der Waals surface area (Å²) in [6, 6.07) is 8.01. The molecular formula is C22H27Cl2NO4. The highest BCUT2D eigenvalue weighted by atomic mass is 35.5. The number of nitrogens with zero attached hydrogens (tertiary/aromatic N) is 1. The molecule has 1 heterocycles. The van der Waals surface area contributed by atoms with Gasteiger partial charge in [-0.2, -0.15) is 0 Å². The van der Waals surface area contributed by atoms with Gasteiger partial charge in [-0.1, -0.05) is 61.5 Å². The molecule has 158 valence electrons. The number of hydrogen-bond acceptors (Lipinski definition) is 3. The number of hydrogen-bond donors (Lipinski definition) is 2. The normalized spacial score (nSPS) is 12.1. The molecule has 1 atom stereocenters. The summed E-state index contributed by atoms with van der Waals surface area (Å²) >= 11 is 12.4. The highest BCUT2D eigenvalue weighted by Gasteiger charge is 2.15. The number of carboxylic acid groups (broad SMARTS) is 1. The fourth-order valence-electron chi connectivity index (χ4n) is 3.26. The molecule has 2 aromatic rings. The third-order valence-electron chi connectivity index (χ3n) is 4.98. The number of aromatic nitrogens is 1. The molecule has 2 rings (SSSR count). The van der Waals surface area contributed by atoms with Crippen molar-refractivity contribution in [2.75, 3.05) is 0 Å². The first kappa shape index (κ1) is 23.5. The highest BCUT2D eigenvalue weighted by Crippen LogP contribution is 2.21. The Hall–Kier alpha value is -1.82. The van der Waals surface area contributed by atoms with Crippen molar-refractivity contribution in [3.8, 4) is 0 Å². The average molecular weight is 440 g/mol. The SMILES string of the molecule is CCCCCC(O)CCc1c(Cl)cc(Cl)c(=O)n1CCc1ccc(C(=O)O)cc1. The van der Waals surface area contributed by atoms with Crippen molar-refractivity contribution in [3.05, 3.63) is 67.6 Å². The maximum Gasteiger partial charge on any atom is 0.335 e.